The highest BCUT2D eigenvalue weighted by Crippen LogP contribution is 2.42. The van der Waals surface area contributed by atoms with E-state index >= 15 is 0 Å². The van der Waals surface area contributed by atoms with Crippen molar-refractivity contribution in [3.63, 3.8) is 0 Å². The second kappa shape index (κ2) is 10.4. The van der Waals surface area contributed by atoms with Crippen molar-refractivity contribution >= 4 is 40.9 Å². The molecule has 2 atom stereocenters. The number of hydrogen-bond donors (Lipinski definition) is 1. The molecule has 1 aliphatic rings. The zero-order valence-electron chi connectivity index (χ0n) is 18.1. The van der Waals surface area contributed by atoms with Gasteiger partial charge in [-0.25, -0.2) is 4.39 Å². The number of nitrogens with one attached hydrogen (secondary N) is 1. The van der Waals surface area contributed by atoms with E-state index < -0.39 is 17.0 Å². The molecule has 0 radical (unpaired) electrons. The van der Waals surface area contributed by atoms with E-state index in [9.17, 15) is 14.0 Å². The van der Waals surface area contributed by atoms with Crippen molar-refractivity contribution in [2.75, 3.05) is 11.4 Å². The molecule has 7 heteroatoms. The molecule has 3 aromatic carbocycles. The fourth-order valence-electron chi connectivity index (χ4n) is 3.81. The van der Waals surface area contributed by atoms with Crippen molar-refractivity contribution in [1.82, 2.24) is 5.32 Å². The van der Waals surface area contributed by atoms with Crippen molar-refractivity contribution in [3.8, 4) is 0 Å². The summed E-state index contributed by atoms with van der Waals surface area (Å²) in [4.78, 5) is 29.0. The molecule has 0 aromatic heterocycles. The van der Waals surface area contributed by atoms with Crippen LogP contribution >= 0.6 is 23.4 Å². The molecule has 0 aliphatic carbocycles. The Morgan fingerprint density at radius 1 is 1.12 bits per heavy atom. The van der Waals surface area contributed by atoms with Crippen molar-refractivity contribution in [3.05, 3.63) is 94.8 Å². The summed E-state index contributed by atoms with van der Waals surface area (Å²) in [6, 6.07) is 21.7. The van der Waals surface area contributed by atoms with Crippen molar-refractivity contribution < 1.29 is 14.0 Å². The third kappa shape index (κ3) is 5.40. The van der Waals surface area contributed by atoms with E-state index in [1.165, 1.54) is 23.9 Å². The highest BCUT2D eigenvalue weighted by atomic mass is 35.5. The number of nitrogens with zero attached hydrogens (tertiary/aromatic N) is 1. The minimum atomic E-state index is -0.573. The van der Waals surface area contributed by atoms with E-state index in [0.717, 1.165) is 22.6 Å². The van der Waals surface area contributed by atoms with Crippen LogP contribution in [0.3, 0.4) is 0 Å². The van der Waals surface area contributed by atoms with Crippen molar-refractivity contribution in [1.29, 1.82) is 0 Å². The van der Waals surface area contributed by atoms with Gasteiger partial charge in [0.25, 0.3) is 0 Å². The summed E-state index contributed by atoms with van der Waals surface area (Å²) in [5.41, 5.74) is 2.55. The minimum Gasteiger partial charge on any atom is -0.355 e. The van der Waals surface area contributed by atoms with Crippen LogP contribution in [0.5, 0.6) is 0 Å². The molecule has 0 spiro atoms. The first-order chi connectivity index (χ1) is 15.9. The Hall–Kier alpha value is -2.83. The number of halogens is 2. The summed E-state index contributed by atoms with van der Waals surface area (Å²) >= 11 is 7.64. The van der Waals surface area contributed by atoms with Gasteiger partial charge in [-0.2, -0.15) is 0 Å². The topological polar surface area (TPSA) is 49.4 Å². The monoisotopic (exact) mass is 482 g/mol. The lowest BCUT2D eigenvalue weighted by Gasteiger charge is -2.36. The van der Waals surface area contributed by atoms with Gasteiger partial charge < -0.3 is 10.2 Å². The molecular weight excluding hydrogens is 459 g/mol. The predicted molar refractivity (Wildman–Crippen MR) is 131 cm³/mol. The highest BCUT2D eigenvalue weighted by Gasteiger charge is 2.39. The first-order valence-electron chi connectivity index (χ1n) is 10.8. The zero-order chi connectivity index (χ0) is 23.4. The van der Waals surface area contributed by atoms with Crippen molar-refractivity contribution in [2.45, 2.75) is 30.0 Å². The Balaban J connectivity index is 1.50. The van der Waals surface area contributed by atoms with Gasteiger partial charge in [-0.1, -0.05) is 67.1 Å². The lowest BCUT2D eigenvalue weighted by atomic mass is 10.0. The van der Waals surface area contributed by atoms with E-state index in [0.29, 0.717) is 12.1 Å². The molecule has 4 nitrogen and oxygen atoms in total. The summed E-state index contributed by atoms with van der Waals surface area (Å²) in [5.74, 6) is -1.28. The number of carbonyl (C=O) groups is 2. The van der Waals surface area contributed by atoms with Gasteiger partial charge in [-0.3, -0.25) is 9.59 Å². The number of anilines is 1. The van der Waals surface area contributed by atoms with Crippen LogP contribution in [0, 0.1) is 11.7 Å². The summed E-state index contributed by atoms with van der Waals surface area (Å²) in [5, 5.41) is 2.66. The van der Waals surface area contributed by atoms with Crippen LogP contribution in [-0.2, 0) is 22.6 Å². The molecule has 1 N–H and O–H groups in total. The normalized spacial score (nSPS) is 16.3. The highest BCUT2D eigenvalue weighted by molar-refractivity contribution is 8.01. The molecule has 3 aromatic rings. The molecule has 1 heterocycles. The third-order valence-electron chi connectivity index (χ3n) is 5.69. The second-order valence-corrected chi connectivity index (χ2v) is 9.57. The van der Waals surface area contributed by atoms with Gasteiger partial charge in [0.1, 0.15) is 11.1 Å². The number of amides is 2. The fourth-order valence-corrected chi connectivity index (χ4v) is 5.32. The van der Waals surface area contributed by atoms with Crippen LogP contribution in [0.1, 0.15) is 18.1 Å². The molecule has 4 rings (SSSR count). The molecule has 0 saturated heterocycles. The number of rotatable bonds is 7. The SMILES string of the molecule is CC(C(=O)NCCc1ccccc1)C1Sc2ccccc2N(Cc2ccc(F)cc2Cl)C1=O. The Morgan fingerprint density at radius 2 is 1.85 bits per heavy atom. The minimum absolute atomic E-state index is 0.157. The third-order valence-corrected chi connectivity index (χ3v) is 7.50. The van der Waals surface area contributed by atoms with E-state index in [-0.39, 0.29) is 23.4 Å². The fraction of sp³-hybridized carbons (Fsp3) is 0.231. The Labute approximate surface area is 202 Å². The average Bonchev–Trinajstić information content (AvgIpc) is 2.82. The van der Waals surface area contributed by atoms with Crippen LogP contribution in [0.25, 0.3) is 0 Å². The Morgan fingerprint density at radius 3 is 2.61 bits per heavy atom. The van der Waals surface area contributed by atoms with Crippen LogP contribution in [0.4, 0.5) is 10.1 Å². The van der Waals surface area contributed by atoms with E-state index in [2.05, 4.69) is 5.32 Å². The maximum absolute atomic E-state index is 13.5. The maximum Gasteiger partial charge on any atom is 0.241 e. The zero-order valence-corrected chi connectivity index (χ0v) is 19.7. The number of carbonyl (C=O) groups excluding carboxylic acids is 2. The molecule has 2 amide bonds. The molecular formula is C26H24ClFN2O2S. The van der Waals surface area contributed by atoms with Gasteiger partial charge in [0, 0.05) is 16.5 Å². The molecule has 2 unspecified atom stereocenters. The quantitative estimate of drug-likeness (QED) is 0.485. The smallest absolute Gasteiger partial charge is 0.241 e. The first kappa shape index (κ1) is 23.3. The molecule has 170 valence electrons. The van der Waals surface area contributed by atoms with Gasteiger partial charge in [0.2, 0.25) is 11.8 Å². The molecule has 0 bridgehead atoms. The average molecular weight is 483 g/mol. The second-order valence-electron chi connectivity index (χ2n) is 7.98. The van der Waals surface area contributed by atoms with Crippen LogP contribution in [0.15, 0.2) is 77.7 Å². The summed E-state index contributed by atoms with van der Waals surface area (Å²) in [6.07, 6.45) is 0.725. The van der Waals surface area contributed by atoms with Gasteiger partial charge in [0.15, 0.2) is 0 Å². The number of para-hydroxylation sites is 1. The predicted octanol–water partition coefficient (Wildman–Crippen LogP) is 5.48. The van der Waals surface area contributed by atoms with Gasteiger partial charge in [0.05, 0.1) is 18.2 Å². The summed E-state index contributed by atoms with van der Waals surface area (Å²) in [7, 11) is 0. The van der Waals surface area contributed by atoms with Crippen LogP contribution in [-0.4, -0.2) is 23.6 Å². The Bertz CT molecular complexity index is 1160. The number of thioether (sulfide) groups is 1. The maximum atomic E-state index is 13.5. The van der Waals surface area contributed by atoms with E-state index in [1.807, 2.05) is 54.6 Å². The van der Waals surface area contributed by atoms with Crippen LogP contribution < -0.4 is 10.2 Å². The van der Waals surface area contributed by atoms with Crippen LogP contribution in [0.2, 0.25) is 5.02 Å². The standard InChI is InChI=1S/C26H24ClFN2O2S/c1-17(25(31)29-14-13-18-7-3-2-4-8-18)24-26(32)30(22-9-5-6-10-23(22)33-24)16-19-11-12-20(28)15-21(19)27/h2-12,15,17,24H,13-14,16H2,1H3,(H,29,31). The summed E-state index contributed by atoms with van der Waals surface area (Å²) in [6.45, 7) is 2.49. The van der Waals surface area contributed by atoms with E-state index in [4.69, 9.17) is 11.6 Å². The lowest BCUT2D eigenvalue weighted by Crippen LogP contribution is -2.47. The number of benzene rings is 3. The lowest BCUT2D eigenvalue weighted by molar-refractivity contribution is -0.128. The largest absolute Gasteiger partial charge is 0.355 e. The van der Waals surface area contributed by atoms with Gasteiger partial charge >= 0.3 is 0 Å². The number of hydrogen-bond acceptors (Lipinski definition) is 3. The molecule has 0 fully saturated rings. The Kier molecular flexibility index (Phi) is 7.36. The van der Waals surface area contributed by atoms with Crippen molar-refractivity contribution in [2.24, 2.45) is 5.92 Å². The molecule has 0 saturated carbocycles. The first-order valence-corrected chi connectivity index (χ1v) is 12.0. The summed E-state index contributed by atoms with van der Waals surface area (Å²) < 4.78 is 13.5. The van der Waals surface area contributed by atoms with Gasteiger partial charge in [-0.05, 0) is 41.8 Å². The molecule has 1 aliphatic heterocycles. The number of fused-ring (bicyclic) bond motifs is 1. The van der Waals surface area contributed by atoms with Gasteiger partial charge in [-0.15, -0.1) is 11.8 Å². The van der Waals surface area contributed by atoms with E-state index in [1.54, 1.807) is 17.9 Å². The molecule has 33 heavy (non-hydrogen) atoms.